The molecule has 0 fully saturated rings. The van der Waals surface area contributed by atoms with Gasteiger partial charge in [-0.05, 0) is 31.0 Å². The van der Waals surface area contributed by atoms with E-state index >= 15 is 0 Å². The molecule has 17 heavy (non-hydrogen) atoms. The molecule has 0 aliphatic carbocycles. The van der Waals surface area contributed by atoms with Crippen LogP contribution in [0.4, 0.5) is 17.6 Å². The average Bonchev–Trinajstić information content (AvgIpc) is 2.15. The van der Waals surface area contributed by atoms with Gasteiger partial charge in [-0.25, -0.2) is 4.39 Å². The molecule has 0 amide bonds. The van der Waals surface area contributed by atoms with E-state index in [0.29, 0.717) is 6.42 Å². The minimum Gasteiger partial charge on any atom is -0.324 e. The molecule has 0 radical (unpaired) electrons. The highest BCUT2D eigenvalue weighted by Gasteiger charge is 2.34. The molecule has 0 bridgehead atoms. The van der Waals surface area contributed by atoms with Gasteiger partial charge in [-0.2, -0.15) is 13.2 Å². The molecular weight excluding hydrogens is 234 g/mol. The summed E-state index contributed by atoms with van der Waals surface area (Å²) in [6.45, 7) is 5.36. The fourth-order valence-corrected chi connectivity index (χ4v) is 1.48. The SMILES string of the molecule is C=C(C)C[C@H](N)c1ccc(F)c(C(F)(F)F)c1. The zero-order chi connectivity index (χ0) is 13.2. The molecule has 94 valence electrons. The number of nitrogens with two attached hydrogens (primary N) is 1. The summed E-state index contributed by atoms with van der Waals surface area (Å²) in [5.74, 6) is -1.29. The maximum Gasteiger partial charge on any atom is 0.419 e. The Morgan fingerprint density at radius 3 is 2.47 bits per heavy atom. The number of halogens is 4. The molecule has 2 N–H and O–H groups in total. The maximum atomic E-state index is 13.0. The van der Waals surface area contributed by atoms with Crippen LogP contribution in [0.25, 0.3) is 0 Å². The normalized spacial score (nSPS) is 13.5. The molecule has 1 nitrogen and oxygen atoms in total. The van der Waals surface area contributed by atoms with Gasteiger partial charge in [-0.15, -0.1) is 6.58 Å². The largest absolute Gasteiger partial charge is 0.419 e. The first-order chi connectivity index (χ1) is 7.71. The second kappa shape index (κ2) is 4.87. The number of hydrogen-bond acceptors (Lipinski definition) is 1. The van der Waals surface area contributed by atoms with Crippen LogP contribution >= 0.6 is 0 Å². The molecule has 1 atom stereocenters. The van der Waals surface area contributed by atoms with Gasteiger partial charge in [0.25, 0.3) is 0 Å². The molecule has 5 heteroatoms. The molecule has 0 aromatic heterocycles. The summed E-state index contributed by atoms with van der Waals surface area (Å²) in [6, 6.07) is 2.20. The van der Waals surface area contributed by atoms with Gasteiger partial charge in [0.2, 0.25) is 0 Å². The zero-order valence-corrected chi connectivity index (χ0v) is 9.31. The van der Waals surface area contributed by atoms with Crippen molar-refractivity contribution in [2.75, 3.05) is 0 Å². The predicted octanol–water partition coefficient (Wildman–Crippen LogP) is 3.81. The van der Waals surface area contributed by atoms with Crippen LogP contribution in [0, 0.1) is 5.82 Å². The van der Waals surface area contributed by atoms with E-state index in [2.05, 4.69) is 6.58 Å². The lowest BCUT2D eigenvalue weighted by molar-refractivity contribution is -0.140. The molecule has 0 aliphatic rings. The van der Waals surface area contributed by atoms with E-state index in [9.17, 15) is 17.6 Å². The molecule has 0 heterocycles. The average molecular weight is 247 g/mol. The molecule has 0 spiro atoms. The van der Waals surface area contributed by atoms with Crippen molar-refractivity contribution < 1.29 is 17.6 Å². The first-order valence-corrected chi connectivity index (χ1v) is 4.98. The Morgan fingerprint density at radius 2 is 2.00 bits per heavy atom. The lowest BCUT2D eigenvalue weighted by Gasteiger charge is -2.15. The van der Waals surface area contributed by atoms with Crippen molar-refractivity contribution in [2.45, 2.75) is 25.6 Å². The summed E-state index contributed by atoms with van der Waals surface area (Å²) in [5, 5.41) is 0. The fraction of sp³-hybridized carbons (Fsp3) is 0.333. The maximum absolute atomic E-state index is 13.0. The number of alkyl halides is 3. The van der Waals surface area contributed by atoms with Crippen LogP contribution in [-0.2, 0) is 6.18 Å². The second-order valence-corrected chi connectivity index (χ2v) is 4.00. The highest BCUT2D eigenvalue weighted by molar-refractivity contribution is 5.29. The van der Waals surface area contributed by atoms with Crippen molar-refractivity contribution in [1.82, 2.24) is 0 Å². The number of rotatable bonds is 3. The third-order valence-electron chi connectivity index (χ3n) is 2.29. The summed E-state index contributed by atoms with van der Waals surface area (Å²) in [4.78, 5) is 0. The smallest absolute Gasteiger partial charge is 0.324 e. The van der Waals surface area contributed by atoms with E-state index in [4.69, 9.17) is 5.73 Å². The van der Waals surface area contributed by atoms with Gasteiger partial charge in [-0.3, -0.25) is 0 Å². The van der Waals surface area contributed by atoms with Crippen LogP contribution < -0.4 is 5.73 Å². The monoisotopic (exact) mass is 247 g/mol. The van der Waals surface area contributed by atoms with Crippen LogP contribution in [0.5, 0.6) is 0 Å². The topological polar surface area (TPSA) is 26.0 Å². The summed E-state index contributed by atoms with van der Waals surface area (Å²) in [7, 11) is 0. The highest BCUT2D eigenvalue weighted by atomic mass is 19.4. The molecule has 1 aromatic rings. The van der Waals surface area contributed by atoms with Crippen LogP contribution in [0.3, 0.4) is 0 Å². The van der Waals surface area contributed by atoms with E-state index in [-0.39, 0.29) is 5.56 Å². The van der Waals surface area contributed by atoms with Gasteiger partial charge in [0.15, 0.2) is 0 Å². The zero-order valence-electron chi connectivity index (χ0n) is 9.31. The van der Waals surface area contributed by atoms with E-state index in [1.807, 2.05) is 0 Å². The molecule has 0 unspecified atom stereocenters. The van der Waals surface area contributed by atoms with E-state index in [1.54, 1.807) is 6.92 Å². The Balaban J connectivity index is 3.08. The Kier molecular flexibility index (Phi) is 3.93. The standard InChI is InChI=1S/C12H13F4N/c1-7(2)5-11(17)8-3-4-10(13)9(6-8)12(14,15)16/h3-4,6,11H,1,5,17H2,2H3/t11-/m0/s1. The third kappa shape index (κ3) is 3.56. The Labute approximate surface area is 96.9 Å². The van der Waals surface area contributed by atoms with Gasteiger partial charge < -0.3 is 5.73 Å². The lowest BCUT2D eigenvalue weighted by atomic mass is 9.99. The van der Waals surface area contributed by atoms with Crippen LogP contribution in [0.15, 0.2) is 30.4 Å². The van der Waals surface area contributed by atoms with Crippen LogP contribution in [-0.4, -0.2) is 0 Å². The van der Waals surface area contributed by atoms with E-state index in [0.717, 1.165) is 17.7 Å². The first kappa shape index (κ1) is 13.7. The molecule has 0 saturated heterocycles. The van der Waals surface area contributed by atoms with Crippen molar-refractivity contribution in [3.8, 4) is 0 Å². The quantitative estimate of drug-likeness (QED) is 0.638. The fourth-order valence-electron chi connectivity index (χ4n) is 1.48. The van der Waals surface area contributed by atoms with Gasteiger partial charge in [0, 0.05) is 6.04 Å². The summed E-state index contributed by atoms with van der Waals surface area (Å²) in [5.41, 5.74) is 5.43. The van der Waals surface area contributed by atoms with Gasteiger partial charge >= 0.3 is 6.18 Å². The Morgan fingerprint density at radius 1 is 1.41 bits per heavy atom. The Hall–Kier alpha value is -1.36. The highest BCUT2D eigenvalue weighted by Crippen LogP contribution is 2.33. The molecule has 0 aliphatic heterocycles. The Bertz CT molecular complexity index is 423. The molecular formula is C12H13F4N. The molecule has 1 aromatic carbocycles. The van der Waals surface area contributed by atoms with Gasteiger partial charge in [0.05, 0.1) is 5.56 Å². The third-order valence-corrected chi connectivity index (χ3v) is 2.29. The van der Waals surface area contributed by atoms with Crippen molar-refractivity contribution in [2.24, 2.45) is 5.73 Å². The van der Waals surface area contributed by atoms with Crippen molar-refractivity contribution in [3.63, 3.8) is 0 Å². The van der Waals surface area contributed by atoms with E-state index in [1.165, 1.54) is 6.07 Å². The summed E-state index contributed by atoms with van der Waals surface area (Å²) in [6.07, 6.45) is -4.34. The summed E-state index contributed by atoms with van der Waals surface area (Å²) < 4.78 is 50.4. The van der Waals surface area contributed by atoms with Crippen molar-refractivity contribution in [3.05, 3.63) is 47.3 Å². The van der Waals surface area contributed by atoms with Gasteiger partial charge in [-0.1, -0.05) is 11.6 Å². The number of benzene rings is 1. The van der Waals surface area contributed by atoms with Crippen molar-refractivity contribution >= 4 is 0 Å². The molecule has 0 saturated carbocycles. The molecule has 1 rings (SSSR count). The van der Waals surface area contributed by atoms with E-state index < -0.39 is 23.6 Å². The minimum atomic E-state index is -4.71. The van der Waals surface area contributed by atoms with Crippen LogP contribution in [0.1, 0.15) is 30.5 Å². The van der Waals surface area contributed by atoms with Crippen molar-refractivity contribution in [1.29, 1.82) is 0 Å². The minimum absolute atomic E-state index is 0.252. The predicted molar refractivity (Wildman–Crippen MR) is 57.8 cm³/mol. The van der Waals surface area contributed by atoms with Crippen LogP contribution in [0.2, 0.25) is 0 Å². The second-order valence-electron chi connectivity index (χ2n) is 4.00. The first-order valence-electron chi connectivity index (χ1n) is 4.98. The number of hydrogen-bond donors (Lipinski definition) is 1. The summed E-state index contributed by atoms with van der Waals surface area (Å²) >= 11 is 0. The van der Waals surface area contributed by atoms with Gasteiger partial charge in [0.1, 0.15) is 5.82 Å². The lowest BCUT2D eigenvalue weighted by Crippen LogP contribution is -2.14.